The monoisotopic (exact) mass is 264 g/mol. The number of nitrogens with one attached hydrogen (secondary N) is 1. The maximum Gasteiger partial charge on any atom is 0.151 e. The van der Waals surface area contributed by atoms with Crippen LogP contribution in [-0.4, -0.2) is 29.8 Å². The Morgan fingerprint density at radius 2 is 1.68 bits per heavy atom. The molecule has 0 radical (unpaired) electrons. The Morgan fingerprint density at radius 3 is 2.11 bits per heavy atom. The third kappa shape index (κ3) is 6.01. The van der Waals surface area contributed by atoms with Gasteiger partial charge in [-0.2, -0.15) is 5.10 Å². The van der Waals surface area contributed by atoms with Crippen LogP contribution >= 0.6 is 0 Å². The van der Waals surface area contributed by atoms with Crippen LogP contribution in [0.15, 0.2) is 12.1 Å². The van der Waals surface area contributed by atoms with E-state index in [2.05, 4.69) is 67.2 Å². The van der Waals surface area contributed by atoms with Crippen molar-refractivity contribution in [2.45, 2.75) is 41.2 Å². The first-order valence-electron chi connectivity index (χ1n) is 7.31. The molecule has 1 rings (SSSR count). The summed E-state index contributed by atoms with van der Waals surface area (Å²) in [6.45, 7) is 14.8. The number of nitrogens with zero attached hydrogens (tertiary/aromatic N) is 3. The van der Waals surface area contributed by atoms with Gasteiger partial charge in [-0.1, -0.05) is 34.6 Å². The number of hydrogen-bond donors (Lipinski definition) is 1. The van der Waals surface area contributed by atoms with Gasteiger partial charge in [0.15, 0.2) is 5.82 Å². The van der Waals surface area contributed by atoms with Crippen LogP contribution in [-0.2, 0) is 6.54 Å². The molecule has 4 heteroatoms. The summed E-state index contributed by atoms with van der Waals surface area (Å²) in [6.07, 6.45) is 0. The van der Waals surface area contributed by atoms with Crippen LogP contribution in [0.2, 0.25) is 0 Å². The summed E-state index contributed by atoms with van der Waals surface area (Å²) in [4.78, 5) is 2.33. The van der Waals surface area contributed by atoms with Crippen molar-refractivity contribution >= 4 is 5.82 Å². The van der Waals surface area contributed by atoms with E-state index in [4.69, 9.17) is 0 Å². The van der Waals surface area contributed by atoms with Gasteiger partial charge in [-0.05, 0) is 30.5 Å². The molecule has 0 aromatic carbocycles. The van der Waals surface area contributed by atoms with Crippen molar-refractivity contribution < 1.29 is 0 Å². The van der Waals surface area contributed by atoms with E-state index in [1.807, 2.05) is 0 Å². The Morgan fingerprint density at radius 1 is 1.05 bits per heavy atom. The van der Waals surface area contributed by atoms with Crippen molar-refractivity contribution in [3.05, 3.63) is 17.8 Å². The number of anilines is 1. The van der Waals surface area contributed by atoms with E-state index in [0.717, 1.165) is 37.7 Å². The molecule has 0 unspecified atom stereocenters. The Labute approximate surface area is 117 Å². The minimum absolute atomic E-state index is 0.627. The molecule has 0 bridgehead atoms. The highest BCUT2D eigenvalue weighted by Gasteiger charge is 2.12. The van der Waals surface area contributed by atoms with Crippen LogP contribution in [0.5, 0.6) is 0 Å². The highest BCUT2D eigenvalue weighted by molar-refractivity contribution is 5.37. The van der Waals surface area contributed by atoms with Gasteiger partial charge in [0, 0.05) is 19.6 Å². The normalized spacial score (nSPS) is 11.3. The van der Waals surface area contributed by atoms with E-state index in [9.17, 15) is 0 Å². The Bertz CT molecular complexity index is 336. The number of aromatic nitrogens is 2. The van der Waals surface area contributed by atoms with E-state index in [-0.39, 0.29) is 0 Å². The largest absolute Gasteiger partial charge is 0.355 e. The molecule has 1 heterocycles. The van der Waals surface area contributed by atoms with E-state index in [0.29, 0.717) is 11.8 Å². The second-order valence-corrected chi connectivity index (χ2v) is 5.86. The fourth-order valence-electron chi connectivity index (χ4n) is 2.01. The minimum atomic E-state index is 0.627. The van der Waals surface area contributed by atoms with Gasteiger partial charge in [0.2, 0.25) is 0 Å². The fraction of sp³-hybridized carbons (Fsp3) is 0.733. The molecule has 0 saturated carbocycles. The van der Waals surface area contributed by atoms with Gasteiger partial charge >= 0.3 is 0 Å². The van der Waals surface area contributed by atoms with E-state index < -0.39 is 0 Å². The van der Waals surface area contributed by atoms with E-state index in [1.54, 1.807) is 0 Å². The second-order valence-electron chi connectivity index (χ2n) is 5.86. The zero-order valence-corrected chi connectivity index (χ0v) is 13.0. The van der Waals surface area contributed by atoms with Gasteiger partial charge in [-0.3, -0.25) is 0 Å². The smallest absolute Gasteiger partial charge is 0.151 e. The lowest BCUT2D eigenvalue weighted by Gasteiger charge is -2.27. The van der Waals surface area contributed by atoms with Crippen LogP contribution in [0.25, 0.3) is 0 Å². The van der Waals surface area contributed by atoms with Crippen molar-refractivity contribution in [3.8, 4) is 0 Å². The molecule has 0 saturated heterocycles. The highest BCUT2D eigenvalue weighted by atomic mass is 15.3. The van der Waals surface area contributed by atoms with Crippen molar-refractivity contribution in [3.63, 3.8) is 0 Å². The van der Waals surface area contributed by atoms with Gasteiger partial charge in [0.25, 0.3) is 0 Å². The summed E-state index contributed by atoms with van der Waals surface area (Å²) in [6, 6.07) is 4.16. The molecule has 0 fully saturated rings. The first-order chi connectivity index (χ1) is 9.02. The fourth-order valence-corrected chi connectivity index (χ4v) is 2.01. The van der Waals surface area contributed by atoms with Gasteiger partial charge in [0.1, 0.15) is 0 Å². The predicted octanol–water partition coefficient (Wildman–Crippen LogP) is 2.70. The van der Waals surface area contributed by atoms with E-state index >= 15 is 0 Å². The molecule has 1 N–H and O–H groups in total. The van der Waals surface area contributed by atoms with Crippen molar-refractivity contribution in [2.75, 3.05) is 24.5 Å². The van der Waals surface area contributed by atoms with Gasteiger partial charge in [-0.25, -0.2) is 0 Å². The van der Waals surface area contributed by atoms with Crippen LogP contribution in [0.3, 0.4) is 0 Å². The van der Waals surface area contributed by atoms with Gasteiger partial charge < -0.3 is 10.2 Å². The lowest BCUT2D eigenvalue weighted by molar-refractivity contribution is 0.546. The molecular formula is C15H28N4. The van der Waals surface area contributed by atoms with Crippen LogP contribution < -0.4 is 10.2 Å². The molecule has 0 atom stereocenters. The summed E-state index contributed by atoms with van der Waals surface area (Å²) in [5.41, 5.74) is 1.000. The third-order valence-corrected chi connectivity index (χ3v) is 2.76. The predicted molar refractivity (Wildman–Crippen MR) is 81.3 cm³/mol. The summed E-state index contributed by atoms with van der Waals surface area (Å²) in [5.74, 6) is 2.24. The molecule has 0 aliphatic heterocycles. The summed E-state index contributed by atoms with van der Waals surface area (Å²) >= 11 is 0. The zero-order valence-electron chi connectivity index (χ0n) is 13.0. The first kappa shape index (κ1) is 15.9. The molecule has 1 aromatic heterocycles. The highest BCUT2D eigenvalue weighted by Crippen LogP contribution is 2.14. The summed E-state index contributed by atoms with van der Waals surface area (Å²) in [7, 11) is 0. The molecule has 0 aliphatic rings. The number of rotatable bonds is 8. The van der Waals surface area contributed by atoms with Crippen molar-refractivity contribution in [2.24, 2.45) is 11.8 Å². The Hall–Kier alpha value is -1.16. The van der Waals surface area contributed by atoms with Crippen molar-refractivity contribution in [1.29, 1.82) is 0 Å². The van der Waals surface area contributed by atoms with Gasteiger partial charge in [0.05, 0.1) is 5.69 Å². The molecule has 19 heavy (non-hydrogen) atoms. The van der Waals surface area contributed by atoms with Gasteiger partial charge in [-0.15, -0.1) is 5.10 Å². The Kier molecular flexibility index (Phi) is 6.78. The summed E-state index contributed by atoms with van der Waals surface area (Å²) < 4.78 is 0. The quantitative estimate of drug-likeness (QED) is 0.784. The first-order valence-corrected chi connectivity index (χ1v) is 7.31. The molecule has 0 aliphatic carbocycles. The Balaban J connectivity index is 2.72. The maximum atomic E-state index is 4.37. The maximum absolute atomic E-state index is 4.37. The third-order valence-electron chi connectivity index (χ3n) is 2.76. The van der Waals surface area contributed by atoms with Crippen molar-refractivity contribution in [1.82, 2.24) is 15.5 Å². The molecule has 4 nitrogen and oxygen atoms in total. The summed E-state index contributed by atoms with van der Waals surface area (Å²) in [5, 5.41) is 11.9. The topological polar surface area (TPSA) is 41.0 Å². The SMILES string of the molecule is CCNCc1ccc(N(CC(C)C)CC(C)C)nn1. The molecular weight excluding hydrogens is 236 g/mol. The van der Waals surface area contributed by atoms with Crippen LogP contribution in [0, 0.1) is 11.8 Å². The number of hydrogen-bond acceptors (Lipinski definition) is 4. The minimum Gasteiger partial charge on any atom is -0.355 e. The van der Waals surface area contributed by atoms with Crippen LogP contribution in [0.4, 0.5) is 5.82 Å². The van der Waals surface area contributed by atoms with E-state index in [1.165, 1.54) is 0 Å². The molecule has 0 amide bonds. The second kappa shape index (κ2) is 8.10. The van der Waals surface area contributed by atoms with Crippen LogP contribution in [0.1, 0.15) is 40.3 Å². The lowest BCUT2D eigenvalue weighted by Crippen LogP contribution is -2.32. The molecule has 1 aromatic rings. The standard InChI is InChI=1S/C15H28N4/c1-6-16-9-14-7-8-15(18-17-14)19(10-12(2)3)11-13(4)5/h7-8,12-13,16H,6,9-11H2,1-5H3. The average Bonchev–Trinajstić information content (AvgIpc) is 2.35. The molecule has 108 valence electrons. The zero-order chi connectivity index (χ0) is 14.3. The molecule has 0 spiro atoms. The lowest BCUT2D eigenvalue weighted by atomic mass is 10.1. The average molecular weight is 264 g/mol.